The number of hydrogen-bond acceptors (Lipinski definition) is 1. The molecule has 1 heterocycles. The van der Waals surface area contributed by atoms with Gasteiger partial charge in [0.05, 0.1) is 0 Å². The lowest BCUT2D eigenvalue weighted by atomic mass is 10.1. The highest BCUT2D eigenvalue weighted by Gasteiger charge is 2.08. The molecule has 2 rings (SSSR count). The lowest BCUT2D eigenvalue weighted by molar-refractivity contribution is 0.631. The third kappa shape index (κ3) is 2.26. The molecule has 0 bridgehead atoms. The summed E-state index contributed by atoms with van der Waals surface area (Å²) in [4.78, 5) is 4.08. The quantitative estimate of drug-likeness (QED) is 0.706. The van der Waals surface area contributed by atoms with Crippen LogP contribution in [0.25, 0.3) is 11.1 Å². The Morgan fingerprint density at radius 1 is 1.07 bits per heavy atom. The fraction of sp³-hybridized carbons (Fsp3) is 0. The third-order valence-electron chi connectivity index (χ3n) is 1.98. The molecule has 0 atom stereocenters. The molecule has 1 aromatic heterocycles. The van der Waals surface area contributed by atoms with Gasteiger partial charge in [0.2, 0.25) is 0 Å². The maximum absolute atomic E-state index is 13.5. The number of halogens is 3. The van der Waals surface area contributed by atoms with E-state index in [-0.39, 0.29) is 5.82 Å². The smallest absolute Gasteiger partial charge is 0.131 e. The standard InChI is InChI=1S/C11H6Br2FN/c12-9-5-11(13)15-6-8(9)7-3-1-2-4-10(7)14/h1-6H. The molecule has 2 aromatic rings. The summed E-state index contributed by atoms with van der Waals surface area (Å²) in [6.45, 7) is 0. The van der Waals surface area contributed by atoms with Crippen molar-refractivity contribution >= 4 is 31.9 Å². The molecular weight excluding hydrogens is 325 g/mol. The third-order valence-corrected chi connectivity index (χ3v) is 3.07. The van der Waals surface area contributed by atoms with Crippen LogP contribution in [0.1, 0.15) is 0 Å². The summed E-state index contributed by atoms with van der Waals surface area (Å²) in [5, 5.41) is 0. The summed E-state index contributed by atoms with van der Waals surface area (Å²) < 4.78 is 15.0. The van der Waals surface area contributed by atoms with Crippen molar-refractivity contribution in [2.24, 2.45) is 0 Å². The van der Waals surface area contributed by atoms with Gasteiger partial charge in [0.1, 0.15) is 10.4 Å². The summed E-state index contributed by atoms with van der Waals surface area (Å²) >= 11 is 6.63. The molecule has 0 saturated carbocycles. The van der Waals surface area contributed by atoms with E-state index in [1.807, 2.05) is 0 Å². The van der Waals surface area contributed by atoms with Gasteiger partial charge in [-0.1, -0.05) is 18.2 Å². The van der Waals surface area contributed by atoms with Crippen molar-refractivity contribution in [2.75, 3.05) is 0 Å². The van der Waals surface area contributed by atoms with Crippen LogP contribution in [0.2, 0.25) is 0 Å². The normalized spacial score (nSPS) is 10.3. The first kappa shape index (κ1) is 10.8. The minimum Gasteiger partial charge on any atom is -0.249 e. The Morgan fingerprint density at radius 3 is 2.47 bits per heavy atom. The van der Waals surface area contributed by atoms with Gasteiger partial charge >= 0.3 is 0 Å². The van der Waals surface area contributed by atoms with Gasteiger partial charge in [-0.05, 0) is 44.0 Å². The summed E-state index contributed by atoms with van der Waals surface area (Å²) in [6, 6.07) is 8.42. The molecule has 0 N–H and O–H groups in total. The van der Waals surface area contributed by atoms with Gasteiger partial charge in [-0.2, -0.15) is 0 Å². The first-order valence-corrected chi connectivity index (χ1v) is 5.83. The average Bonchev–Trinajstić information content (AvgIpc) is 2.20. The predicted molar refractivity (Wildman–Crippen MR) is 65.0 cm³/mol. The molecule has 4 heteroatoms. The van der Waals surface area contributed by atoms with E-state index in [0.717, 1.165) is 14.6 Å². The van der Waals surface area contributed by atoms with Gasteiger partial charge in [0.15, 0.2) is 0 Å². The van der Waals surface area contributed by atoms with E-state index in [1.165, 1.54) is 6.07 Å². The maximum Gasteiger partial charge on any atom is 0.131 e. The van der Waals surface area contributed by atoms with E-state index < -0.39 is 0 Å². The minimum absolute atomic E-state index is 0.248. The van der Waals surface area contributed by atoms with Gasteiger partial charge < -0.3 is 0 Å². The highest BCUT2D eigenvalue weighted by Crippen LogP contribution is 2.30. The second-order valence-corrected chi connectivity index (χ2v) is 4.63. The summed E-state index contributed by atoms with van der Waals surface area (Å²) in [7, 11) is 0. The van der Waals surface area contributed by atoms with Crippen LogP contribution in [-0.2, 0) is 0 Å². The molecule has 1 nitrogen and oxygen atoms in total. The molecule has 0 amide bonds. The minimum atomic E-state index is -0.248. The Hall–Kier alpha value is -0.740. The zero-order valence-corrected chi connectivity index (χ0v) is 10.7. The fourth-order valence-electron chi connectivity index (χ4n) is 1.29. The van der Waals surface area contributed by atoms with Crippen LogP contribution < -0.4 is 0 Å². The molecule has 76 valence electrons. The Morgan fingerprint density at radius 2 is 1.80 bits per heavy atom. The molecular formula is C11H6Br2FN. The lowest BCUT2D eigenvalue weighted by Gasteiger charge is -2.05. The molecule has 1 aromatic carbocycles. The van der Waals surface area contributed by atoms with Gasteiger partial charge in [0.25, 0.3) is 0 Å². The highest BCUT2D eigenvalue weighted by molar-refractivity contribution is 9.11. The van der Waals surface area contributed by atoms with E-state index in [1.54, 1.807) is 30.5 Å². The zero-order chi connectivity index (χ0) is 10.8. The van der Waals surface area contributed by atoms with Crippen LogP contribution in [0.4, 0.5) is 4.39 Å². The number of pyridine rings is 1. The molecule has 0 radical (unpaired) electrons. The number of hydrogen-bond donors (Lipinski definition) is 0. The monoisotopic (exact) mass is 329 g/mol. The van der Waals surface area contributed by atoms with Crippen molar-refractivity contribution in [3.8, 4) is 11.1 Å². The molecule has 15 heavy (non-hydrogen) atoms. The van der Waals surface area contributed by atoms with Gasteiger partial charge in [-0.15, -0.1) is 0 Å². The van der Waals surface area contributed by atoms with Crippen LogP contribution >= 0.6 is 31.9 Å². The Kier molecular flexibility index (Phi) is 3.17. The Balaban J connectivity index is 2.60. The van der Waals surface area contributed by atoms with Crippen molar-refractivity contribution in [1.29, 1.82) is 0 Å². The van der Waals surface area contributed by atoms with Crippen LogP contribution in [0.15, 0.2) is 45.6 Å². The van der Waals surface area contributed by atoms with E-state index in [4.69, 9.17) is 0 Å². The SMILES string of the molecule is Fc1ccccc1-c1cnc(Br)cc1Br. The predicted octanol–water partition coefficient (Wildman–Crippen LogP) is 4.41. The van der Waals surface area contributed by atoms with Gasteiger partial charge in [0, 0.05) is 21.8 Å². The first-order chi connectivity index (χ1) is 7.18. The van der Waals surface area contributed by atoms with E-state index in [9.17, 15) is 4.39 Å². The Labute approximate surface area is 104 Å². The zero-order valence-electron chi connectivity index (χ0n) is 7.55. The van der Waals surface area contributed by atoms with E-state index in [0.29, 0.717) is 5.56 Å². The number of benzene rings is 1. The van der Waals surface area contributed by atoms with E-state index in [2.05, 4.69) is 36.8 Å². The second kappa shape index (κ2) is 4.41. The lowest BCUT2D eigenvalue weighted by Crippen LogP contribution is -1.87. The molecule has 0 aliphatic carbocycles. The number of nitrogens with zero attached hydrogens (tertiary/aromatic N) is 1. The van der Waals surface area contributed by atoms with Crippen molar-refractivity contribution < 1.29 is 4.39 Å². The van der Waals surface area contributed by atoms with Gasteiger partial charge in [-0.25, -0.2) is 9.37 Å². The van der Waals surface area contributed by atoms with E-state index >= 15 is 0 Å². The molecule has 0 spiro atoms. The molecule has 0 aliphatic heterocycles. The molecule has 0 fully saturated rings. The fourth-order valence-corrected chi connectivity index (χ4v) is 2.46. The number of rotatable bonds is 1. The Bertz CT molecular complexity index is 500. The average molecular weight is 331 g/mol. The largest absolute Gasteiger partial charge is 0.249 e. The molecule has 0 saturated heterocycles. The highest BCUT2D eigenvalue weighted by atomic mass is 79.9. The summed E-state index contributed by atoms with van der Waals surface area (Å²) in [6.07, 6.45) is 1.63. The topological polar surface area (TPSA) is 12.9 Å². The van der Waals surface area contributed by atoms with Crippen molar-refractivity contribution in [3.05, 3.63) is 51.4 Å². The first-order valence-electron chi connectivity index (χ1n) is 4.24. The van der Waals surface area contributed by atoms with Crippen LogP contribution in [-0.4, -0.2) is 4.98 Å². The van der Waals surface area contributed by atoms with Crippen LogP contribution in [0.5, 0.6) is 0 Å². The van der Waals surface area contributed by atoms with Crippen molar-refractivity contribution in [1.82, 2.24) is 4.98 Å². The molecule has 0 aliphatic rings. The second-order valence-electron chi connectivity index (χ2n) is 2.97. The summed E-state index contributed by atoms with van der Waals surface area (Å²) in [5.41, 5.74) is 1.29. The van der Waals surface area contributed by atoms with Crippen molar-refractivity contribution in [2.45, 2.75) is 0 Å². The summed E-state index contributed by atoms with van der Waals surface area (Å²) in [5.74, 6) is -0.248. The van der Waals surface area contributed by atoms with Crippen molar-refractivity contribution in [3.63, 3.8) is 0 Å². The van der Waals surface area contributed by atoms with Crippen LogP contribution in [0, 0.1) is 5.82 Å². The van der Waals surface area contributed by atoms with Crippen LogP contribution in [0.3, 0.4) is 0 Å². The van der Waals surface area contributed by atoms with Gasteiger partial charge in [-0.3, -0.25) is 0 Å². The molecule has 0 unspecified atom stereocenters. The maximum atomic E-state index is 13.5. The number of aromatic nitrogens is 1.